The second-order valence-corrected chi connectivity index (χ2v) is 6.90. The van der Waals surface area contributed by atoms with Crippen LogP contribution in [-0.2, 0) is 9.47 Å². The summed E-state index contributed by atoms with van der Waals surface area (Å²) in [7, 11) is 3.53. The van der Waals surface area contributed by atoms with E-state index in [0.717, 1.165) is 31.3 Å². The van der Waals surface area contributed by atoms with Gasteiger partial charge in [-0.2, -0.15) is 0 Å². The summed E-state index contributed by atoms with van der Waals surface area (Å²) < 4.78 is 10.4. The van der Waals surface area contributed by atoms with Gasteiger partial charge in [-0.25, -0.2) is 0 Å². The SMILES string of the molecule is CN=C(NCCOCCOC)N1CCC(CSc2ccccc2)C1. The fourth-order valence-corrected chi connectivity index (χ4v) is 3.75. The molecule has 0 aliphatic carbocycles. The highest BCUT2D eigenvalue weighted by molar-refractivity contribution is 7.99. The van der Waals surface area contributed by atoms with Gasteiger partial charge in [-0.05, 0) is 24.5 Å². The molecule has 1 aliphatic rings. The number of likely N-dealkylation sites (tertiary alicyclic amines) is 1. The van der Waals surface area contributed by atoms with Crippen molar-refractivity contribution in [1.29, 1.82) is 0 Å². The summed E-state index contributed by atoms with van der Waals surface area (Å²) in [6, 6.07) is 10.6. The van der Waals surface area contributed by atoms with Crippen LogP contribution in [0.1, 0.15) is 6.42 Å². The summed E-state index contributed by atoms with van der Waals surface area (Å²) >= 11 is 1.95. The van der Waals surface area contributed by atoms with Crippen LogP contribution in [0.4, 0.5) is 0 Å². The zero-order chi connectivity index (χ0) is 17.0. The number of nitrogens with one attached hydrogen (secondary N) is 1. The summed E-state index contributed by atoms with van der Waals surface area (Å²) in [5.74, 6) is 2.86. The second-order valence-electron chi connectivity index (χ2n) is 5.80. The van der Waals surface area contributed by atoms with Crippen LogP contribution < -0.4 is 5.32 Å². The maximum Gasteiger partial charge on any atom is 0.193 e. The number of ether oxygens (including phenoxy) is 2. The molecule has 24 heavy (non-hydrogen) atoms. The molecule has 1 aromatic rings. The first kappa shape index (κ1) is 19.1. The van der Waals surface area contributed by atoms with E-state index in [4.69, 9.17) is 9.47 Å². The predicted molar refractivity (Wildman–Crippen MR) is 101 cm³/mol. The van der Waals surface area contributed by atoms with Crippen molar-refractivity contribution >= 4 is 17.7 Å². The Balaban J connectivity index is 1.65. The first-order valence-electron chi connectivity index (χ1n) is 8.53. The van der Waals surface area contributed by atoms with Gasteiger partial charge in [0.25, 0.3) is 0 Å². The Kier molecular flexibility index (Phi) is 9.02. The summed E-state index contributed by atoms with van der Waals surface area (Å²) in [5, 5.41) is 3.39. The Morgan fingerprint density at radius 2 is 2.12 bits per heavy atom. The topological polar surface area (TPSA) is 46.1 Å². The van der Waals surface area contributed by atoms with E-state index in [-0.39, 0.29) is 0 Å². The Morgan fingerprint density at radius 3 is 2.88 bits per heavy atom. The van der Waals surface area contributed by atoms with Crippen LogP contribution >= 0.6 is 11.8 Å². The minimum atomic E-state index is 0.638. The highest BCUT2D eigenvalue weighted by Crippen LogP contribution is 2.25. The van der Waals surface area contributed by atoms with Crippen molar-refractivity contribution in [2.24, 2.45) is 10.9 Å². The van der Waals surface area contributed by atoms with Gasteiger partial charge in [-0.3, -0.25) is 4.99 Å². The van der Waals surface area contributed by atoms with Crippen molar-refractivity contribution in [1.82, 2.24) is 10.2 Å². The molecule has 5 nitrogen and oxygen atoms in total. The maximum atomic E-state index is 5.48. The zero-order valence-corrected chi connectivity index (χ0v) is 15.6. The zero-order valence-electron chi connectivity index (χ0n) is 14.7. The van der Waals surface area contributed by atoms with Crippen molar-refractivity contribution < 1.29 is 9.47 Å². The van der Waals surface area contributed by atoms with Gasteiger partial charge in [0, 0.05) is 44.4 Å². The van der Waals surface area contributed by atoms with Crippen LogP contribution in [0.15, 0.2) is 40.2 Å². The maximum absolute atomic E-state index is 5.48. The quantitative estimate of drug-likeness (QED) is 0.320. The van der Waals surface area contributed by atoms with Crippen molar-refractivity contribution in [2.45, 2.75) is 11.3 Å². The number of rotatable bonds is 9. The van der Waals surface area contributed by atoms with Crippen LogP contribution in [0.3, 0.4) is 0 Å². The summed E-state index contributed by atoms with van der Waals surface area (Å²) in [6.07, 6.45) is 1.23. The molecule has 0 bridgehead atoms. The number of hydrogen-bond acceptors (Lipinski definition) is 4. The number of hydrogen-bond donors (Lipinski definition) is 1. The molecule has 0 amide bonds. The van der Waals surface area contributed by atoms with E-state index in [1.807, 2.05) is 18.8 Å². The van der Waals surface area contributed by atoms with E-state index in [1.165, 1.54) is 11.3 Å². The van der Waals surface area contributed by atoms with E-state index in [0.29, 0.717) is 25.7 Å². The standard InChI is InChI=1S/C18H29N3O2S/c1-19-18(20-9-11-23-13-12-22-2)21-10-8-16(14-21)15-24-17-6-4-3-5-7-17/h3-7,16H,8-15H2,1-2H3,(H,19,20). The highest BCUT2D eigenvalue weighted by Gasteiger charge is 2.24. The number of nitrogens with zero attached hydrogens (tertiary/aromatic N) is 2. The van der Waals surface area contributed by atoms with Crippen molar-refractivity contribution in [3.8, 4) is 0 Å². The first-order valence-corrected chi connectivity index (χ1v) is 9.52. The Morgan fingerprint density at radius 1 is 1.29 bits per heavy atom. The molecule has 0 spiro atoms. The summed E-state index contributed by atoms with van der Waals surface area (Å²) in [4.78, 5) is 8.11. The molecule has 0 saturated carbocycles. The first-order chi connectivity index (χ1) is 11.8. The third kappa shape index (κ3) is 6.71. The Hall–Kier alpha value is -1.24. The second kappa shape index (κ2) is 11.3. The third-order valence-electron chi connectivity index (χ3n) is 3.99. The summed E-state index contributed by atoms with van der Waals surface area (Å²) in [6.45, 7) is 4.87. The van der Waals surface area contributed by atoms with Crippen LogP contribution in [0, 0.1) is 5.92 Å². The lowest BCUT2D eigenvalue weighted by molar-refractivity contribution is 0.0731. The highest BCUT2D eigenvalue weighted by atomic mass is 32.2. The summed E-state index contributed by atoms with van der Waals surface area (Å²) in [5.41, 5.74) is 0. The molecule has 0 radical (unpaired) electrons. The molecule has 1 fully saturated rings. The number of benzene rings is 1. The van der Waals surface area contributed by atoms with Gasteiger partial charge in [0.2, 0.25) is 0 Å². The third-order valence-corrected chi connectivity index (χ3v) is 5.23. The average molecular weight is 352 g/mol. The van der Waals surface area contributed by atoms with Crippen molar-refractivity contribution in [2.75, 3.05) is 59.4 Å². The van der Waals surface area contributed by atoms with Gasteiger partial charge < -0.3 is 19.7 Å². The largest absolute Gasteiger partial charge is 0.382 e. The smallest absolute Gasteiger partial charge is 0.193 e. The van der Waals surface area contributed by atoms with E-state index in [2.05, 4.69) is 45.5 Å². The fraction of sp³-hybridized carbons (Fsp3) is 0.611. The van der Waals surface area contributed by atoms with Crippen molar-refractivity contribution in [3.05, 3.63) is 30.3 Å². The van der Waals surface area contributed by atoms with E-state index in [9.17, 15) is 0 Å². The number of aliphatic imine (C=N–C) groups is 1. The normalized spacial score (nSPS) is 18.2. The number of methoxy groups -OCH3 is 1. The molecule has 1 aromatic carbocycles. The molecular weight excluding hydrogens is 322 g/mol. The fourth-order valence-electron chi connectivity index (χ4n) is 2.70. The van der Waals surface area contributed by atoms with E-state index in [1.54, 1.807) is 7.11 Å². The minimum Gasteiger partial charge on any atom is -0.382 e. The van der Waals surface area contributed by atoms with Crippen molar-refractivity contribution in [3.63, 3.8) is 0 Å². The molecule has 6 heteroatoms. The molecule has 134 valence electrons. The van der Waals surface area contributed by atoms with E-state index >= 15 is 0 Å². The van der Waals surface area contributed by atoms with Gasteiger partial charge in [0.15, 0.2) is 5.96 Å². The van der Waals surface area contributed by atoms with Gasteiger partial charge >= 0.3 is 0 Å². The van der Waals surface area contributed by atoms with Gasteiger partial charge in [-0.15, -0.1) is 11.8 Å². The monoisotopic (exact) mass is 351 g/mol. The van der Waals surface area contributed by atoms with Crippen LogP contribution in [-0.4, -0.2) is 70.2 Å². The lowest BCUT2D eigenvalue weighted by Crippen LogP contribution is -2.41. The molecule has 2 rings (SSSR count). The Labute approximate surface area is 149 Å². The number of thioether (sulfide) groups is 1. The predicted octanol–water partition coefficient (Wildman–Crippen LogP) is 2.34. The van der Waals surface area contributed by atoms with E-state index < -0.39 is 0 Å². The number of guanidine groups is 1. The average Bonchev–Trinajstić information content (AvgIpc) is 3.09. The molecule has 1 aliphatic heterocycles. The van der Waals surface area contributed by atoms with Crippen LogP contribution in [0.5, 0.6) is 0 Å². The Bertz CT molecular complexity index is 484. The molecular formula is C18H29N3O2S. The molecule has 1 saturated heterocycles. The van der Waals surface area contributed by atoms with Crippen LogP contribution in [0.25, 0.3) is 0 Å². The minimum absolute atomic E-state index is 0.638. The van der Waals surface area contributed by atoms with Crippen LogP contribution in [0.2, 0.25) is 0 Å². The van der Waals surface area contributed by atoms with Gasteiger partial charge in [0.1, 0.15) is 0 Å². The lowest BCUT2D eigenvalue weighted by atomic mass is 10.2. The molecule has 0 aromatic heterocycles. The molecule has 1 atom stereocenters. The molecule has 1 heterocycles. The molecule has 1 N–H and O–H groups in total. The van der Waals surface area contributed by atoms with Gasteiger partial charge in [-0.1, -0.05) is 18.2 Å². The lowest BCUT2D eigenvalue weighted by Gasteiger charge is -2.21. The molecule has 1 unspecified atom stereocenters. The van der Waals surface area contributed by atoms with Gasteiger partial charge in [0.05, 0.1) is 19.8 Å².